The smallest absolute Gasteiger partial charge is 0.296 e. The molecule has 1 amide bonds. The highest BCUT2D eigenvalue weighted by atomic mass is 79.9. The van der Waals surface area contributed by atoms with Crippen LogP contribution in [0.15, 0.2) is 68.4 Å². The van der Waals surface area contributed by atoms with Gasteiger partial charge in [0, 0.05) is 14.9 Å². The predicted octanol–water partition coefficient (Wildman–Crippen LogP) is 5.03. The summed E-state index contributed by atoms with van der Waals surface area (Å²) in [6.45, 7) is 2.06. The number of furan rings is 1. The van der Waals surface area contributed by atoms with Gasteiger partial charge in [0.2, 0.25) is 0 Å². The van der Waals surface area contributed by atoms with E-state index in [1.54, 1.807) is 43.3 Å². The van der Waals surface area contributed by atoms with E-state index in [1.807, 2.05) is 17.5 Å². The second kappa shape index (κ2) is 7.41. The summed E-state index contributed by atoms with van der Waals surface area (Å²) in [4.78, 5) is 28.1. The van der Waals surface area contributed by atoms with Crippen molar-refractivity contribution in [1.29, 1.82) is 0 Å². The summed E-state index contributed by atoms with van der Waals surface area (Å²) < 4.78 is 6.60. The number of hydrogen-bond acceptors (Lipinski definition) is 5. The van der Waals surface area contributed by atoms with E-state index >= 15 is 0 Å². The van der Waals surface area contributed by atoms with Gasteiger partial charge in [-0.05, 0) is 42.6 Å². The third-order valence-corrected chi connectivity index (χ3v) is 5.98. The molecule has 3 aromatic rings. The van der Waals surface area contributed by atoms with E-state index < -0.39 is 17.7 Å². The number of carbonyl (C=O) groups excluding carboxylic acids is 2. The molecule has 1 saturated heterocycles. The number of aliphatic hydroxyl groups excluding tert-OH is 1. The third kappa shape index (κ3) is 3.31. The number of carbonyl (C=O) groups is 2. The Hall–Kier alpha value is -2.64. The van der Waals surface area contributed by atoms with E-state index in [1.165, 1.54) is 16.2 Å². The number of aliphatic hydroxyl groups is 1. The normalized spacial score (nSPS) is 18.8. The Balaban J connectivity index is 1.85. The molecule has 2 aromatic heterocycles. The number of nitrogens with zero attached hydrogens (tertiary/aromatic N) is 1. The van der Waals surface area contributed by atoms with Gasteiger partial charge in [-0.2, -0.15) is 0 Å². The molecule has 1 unspecified atom stereocenters. The number of likely N-dealkylation sites (tertiary alicyclic amines) is 1. The van der Waals surface area contributed by atoms with Crippen LogP contribution in [0.1, 0.15) is 28.0 Å². The molecule has 3 heterocycles. The summed E-state index contributed by atoms with van der Waals surface area (Å²) >= 11 is 4.86. The lowest BCUT2D eigenvalue weighted by atomic mass is 9.99. The second-order valence-corrected chi connectivity index (χ2v) is 8.41. The Morgan fingerprint density at radius 1 is 1.18 bits per heavy atom. The van der Waals surface area contributed by atoms with Crippen LogP contribution in [-0.4, -0.2) is 21.7 Å². The van der Waals surface area contributed by atoms with Crippen molar-refractivity contribution >= 4 is 44.7 Å². The first kappa shape index (κ1) is 18.7. The Morgan fingerprint density at radius 2 is 1.93 bits per heavy atom. The average Bonchev–Trinajstić information content (AvgIpc) is 3.39. The van der Waals surface area contributed by atoms with Crippen LogP contribution in [0.5, 0.6) is 0 Å². The van der Waals surface area contributed by atoms with Crippen molar-refractivity contribution in [2.75, 3.05) is 0 Å². The van der Waals surface area contributed by atoms with Gasteiger partial charge in [0.25, 0.3) is 11.7 Å². The molecule has 0 saturated carbocycles. The summed E-state index contributed by atoms with van der Waals surface area (Å²) in [5.74, 6) is -0.451. The number of ketones is 1. The fraction of sp³-hybridized carbons (Fsp3) is 0.143. The number of aryl methyl sites for hydroxylation is 1. The van der Waals surface area contributed by atoms with E-state index in [0.717, 1.165) is 9.35 Å². The molecule has 1 aliphatic heterocycles. The van der Waals surface area contributed by atoms with Crippen LogP contribution in [0.2, 0.25) is 0 Å². The SMILES string of the molecule is Cc1ccc(C2/C(=C(/O)c3ccc(Br)cc3)C(=O)C(=O)N2Cc2cccs2)o1. The number of hydrogen-bond donors (Lipinski definition) is 1. The molecular weight excluding hydrogens is 442 g/mol. The van der Waals surface area contributed by atoms with Crippen molar-refractivity contribution in [2.45, 2.75) is 19.5 Å². The van der Waals surface area contributed by atoms with Crippen LogP contribution in [0, 0.1) is 6.92 Å². The summed E-state index contributed by atoms with van der Waals surface area (Å²) in [7, 11) is 0. The minimum absolute atomic E-state index is 0.0400. The molecule has 0 spiro atoms. The topological polar surface area (TPSA) is 70.8 Å². The molecule has 1 fully saturated rings. The van der Waals surface area contributed by atoms with E-state index in [0.29, 0.717) is 17.1 Å². The van der Waals surface area contributed by atoms with E-state index in [-0.39, 0.29) is 17.9 Å². The van der Waals surface area contributed by atoms with Gasteiger partial charge < -0.3 is 14.4 Å². The molecule has 4 rings (SSSR count). The maximum atomic E-state index is 12.9. The second-order valence-electron chi connectivity index (χ2n) is 6.46. The number of amides is 1. The standard InChI is InChI=1S/C21H16BrNO4S/c1-12-4-9-16(27-12)18-17(19(24)13-5-7-14(22)8-6-13)20(25)21(26)23(18)11-15-3-2-10-28-15/h2-10,18,24H,11H2,1H3/b19-17-. The fourth-order valence-corrected chi connectivity index (χ4v) is 4.24. The van der Waals surface area contributed by atoms with E-state index in [4.69, 9.17) is 4.42 Å². The largest absolute Gasteiger partial charge is 0.507 e. The number of thiophene rings is 1. The molecule has 0 radical (unpaired) electrons. The van der Waals surface area contributed by atoms with Crippen LogP contribution in [0.4, 0.5) is 0 Å². The van der Waals surface area contributed by atoms with Gasteiger partial charge >= 0.3 is 0 Å². The maximum Gasteiger partial charge on any atom is 0.296 e. The summed E-state index contributed by atoms with van der Waals surface area (Å²) in [6, 6.07) is 13.5. The van der Waals surface area contributed by atoms with Gasteiger partial charge in [-0.25, -0.2) is 0 Å². The first-order chi connectivity index (χ1) is 13.5. The minimum atomic E-state index is -0.778. The quantitative estimate of drug-likeness (QED) is 0.338. The van der Waals surface area contributed by atoms with Crippen LogP contribution in [0.3, 0.4) is 0 Å². The zero-order valence-corrected chi connectivity index (χ0v) is 17.3. The number of Topliss-reactive ketones (excluding diaryl/α,β-unsaturated/α-hetero) is 1. The van der Waals surface area contributed by atoms with Gasteiger partial charge in [0.05, 0.1) is 12.1 Å². The highest BCUT2D eigenvalue weighted by Crippen LogP contribution is 2.41. The Morgan fingerprint density at radius 3 is 2.54 bits per heavy atom. The summed E-state index contributed by atoms with van der Waals surface area (Å²) in [5.41, 5.74) is 0.504. The van der Waals surface area contributed by atoms with Crippen molar-refractivity contribution in [3.05, 3.63) is 85.9 Å². The van der Waals surface area contributed by atoms with E-state index in [2.05, 4.69) is 15.9 Å². The lowest BCUT2D eigenvalue weighted by Crippen LogP contribution is -2.28. The van der Waals surface area contributed by atoms with Crippen molar-refractivity contribution < 1.29 is 19.1 Å². The first-order valence-corrected chi connectivity index (χ1v) is 10.3. The zero-order valence-electron chi connectivity index (χ0n) is 14.9. The van der Waals surface area contributed by atoms with Gasteiger partial charge in [0.15, 0.2) is 0 Å². The summed E-state index contributed by atoms with van der Waals surface area (Å²) in [6.07, 6.45) is 0. The lowest BCUT2D eigenvalue weighted by molar-refractivity contribution is -0.140. The molecule has 1 N–H and O–H groups in total. The average molecular weight is 458 g/mol. The van der Waals surface area contributed by atoms with Crippen LogP contribution >= 0.6 is 27.3 Å². The van der Waals surface area contributed by atoms with Gasteiger partial charge in [-0.1, -0.05) is 34.1 Å². The lowest BCUT2D eigenvalue weighted by Gasteiger charge is -2.22. The van der Waals surface area contributed by atoms with E-state index in [9.17, 15) is 14.7 Å². The predicted molar refractivity (Wildman–Crippen MR) is 110 cm³/mol. The van der Waals surface area contributed by atoms with Crippen LogP contribution in [-0.2, 0) is 16.1 Å². The highest BCUT2D eigenvalue weighted by molar-refractivity contribution is 9.10. The molecule has 1 aromatic carbocycles. The molecule has 142 valence electrons. The number of benzene rings is 1. The number of rotatable bonds is 4. The van der Waals surface area contributed by atoms with Crippen LogP contribution in [0.25, 0.3) is 5.76 Å². The Bertz CT molecular complexity index is 1070. The molecule has 1 aliphatic rings. The molecular formula is C21H16BrNO4S. The molecule has 7 heteroatoms. The third-order valence-electron chi connectivity index (χ3n) is 4.59. The van der Waals surface area contributed by atoms with Crippen molar-refractivity contribution in [1.82, 2.24) is 4.90 Å². The Labute approximate surface area is 174 Å². The fourth-order valence-electron chi connectivity index (χ4n) is 3.27. The van der Waals surface area contributed by atoms with Gasteiger partial charge in [-0.3, -0.25) is 9.59 Å². The van der Waals surface area contributed by atoms with Gasteiger partial charge in [-0.15, -0.1) is 11.3 Å². The molecule has 5 nitrogen and oxygen atoms in total. The molecule has 1 atom stereocenters. The Kier molecular flexibility index (Phi) is 4.95. The van der Waals surface area contributed by atoms with Crippen LogP contribution < -0.4 is 0 Å². The minimum Gasteiger partial charge on any atom is -0.507 e. The number of halogens is 1. The first-order valence-electron chi connectivity index (χ1n) is 8.59. The van der Waals surface area contributed by atoms with Crippen molar-refractivity contribution in [3.8, 4) is 0 Å². The maximum absolute atomic E-state index is 12.9. The monoisotopic (exact) mass is 457 g/mol. The van der Waals surface area contributed by atoms with Crippen molar-refractivity contribution in [2.24, 2.45) is 0 Å². The van der Waals surface area contributed by atoms with Crippen molar-refractivity contribution in [3.63, 3.8) is 0 Å². The zero-order chi connectivity index (χ0) is 19.8. The molecule has 0 bridgehead atoms. The molecule has 0 aliphatic carbocycles. The van der Waals surface area contributed by atoms with Gasteiger partial charge in [0.1, 0.15) is 23.3 Å². The highest BCUT2D eigenvalue weighted by Gasteiger charge is 2.47. The summed E-state index contributed by atoms with van der Waals surface area (Å²) in [5, 5.41) is 12.8. The molecule has 28 heavy (non-hydrogen) atoms.